The Morgan fingerprint density at radius 1 is 0.652 bits per heavy atom. The van der Waals surface area contributed by atoms with Crippen molar-refractivity contribution in [2.75, 3.05) is 27.3 Å². The van der Waals surface area contributed by atoms with Crippen LogP contribution in [0.1, 0.15) is 89.2 Å². The molecule has 8 heteroatoms. The number of rotatable bonds is 8. The van der Waals surface area contributed by atoms with Crippen LogP contribution < -0.4 is 9.47 Å². The van der Waals surface area contributed by atoms with Gasteiger partial charge in [-0.05, 0) is 101 Å². The molecule has 4 fully saturated rings. The third-order valence-corrected chi connectivity index (χ3v) is 11.1. The van der Waals surface area contributed by atoms with Crippen molar-refractivity contribution >= 4 is 23.4 Å². The Bertz CT molecular complexity index is 1300. The van der Waals surface area contributed by atoms with Crippen LogP contribution in [-0.2, 0) is 32.3 Å². The Hall–Kier alpha value is -3.68. The van der Waals surface area contributed by atoms with E-state index in [2.05, 4.69) is 0 Å². The monoisotopic (exact) mass is 630 g/mol. The summed E-state index contributed by atoms with van der Waals surface area (Å²) in [5, 5.41) is 0. The lowest BCUT2D eigenvalue weighted by molar-refractivity contribution is -0.141. The molecule has 0 N–H and O–H groups in total. The van der Waals surface area contributed by atoms with Crippen LogP contribution in [-0.4, -0.2) is 60.5 Å². The first-order valence-corrected chi connectivity index (χ1v) is 16.9. The lowest BCUT2D eigenvalue weighted by Gasteiger charge is -2.35. The van der Waals surface area contributed by atoms with E-state index >= 15 is 0 Å². The number of Topliss-reactive ketones (excluding diaryl/α,β-unsaturated/α-hetero) is 2. The van der Waals surface area contributed by atoms with Gasteiger partial charge in [-0.2, -0.15) is 0 Å². The minimum atomic E-state index is -0.277. The highest BCUT2D eigenvalue weighted by Gasteiger charge is 2.50. The Balaban J connectivity index is 0.000000181. The fourth-order valence-corrected chi connectivity index (χ4v) is 8.25. The van der Waals surface area contributed by atoms with E-state index in [-0.39, 0.29) is 46.0 Å². The maximum atomic E-state index is 13.0. The van der Waals surface area contributed by atoms with Gasteiger partial charge in [0.2, 0.25) is 11.8 Å². The number of hydrogen-bond acceptors (Lipinski definition) is 6. The summed E-state index contributed by atoms with van der Waals surface area (Å²) >= 11 is 0. The van der Waals surface area contributed by atoms with E-state index in [1.54, 1.807) is 28.1 Å². The number of amides is 2. The quantitative estimate of drug-likeness (QED) is 0.336. The molecule has 8 nitrogen and oxygen atoms in total. The molecule has 0 unspecified atom stereocenters. The molecule has 0 bridgehead atoms. The Labute approximate surface area is 273 Å². The molecule has 2 heterocycles. The van der Waals surface area contributed by atoms with Gasteiger partial charge in [0.05, 0.1) is 25.0 Å². The van der Waals surface area contributed by atoms with Gasteiger partial charge in [-0.3, -0.25) is 19.2 Å². The molecule has 46 heavy (non-hydrogen) atoms. The zero-order valence-electron chi connectivity index (χ0n) is 28.0. The van der Waals surface area contributed by atoms with Gasteiger partial charge in [0.1, 0.15) is 23.1 Å². The van der Waals surface area contributed by atoms with Crippen LogP contribution in [0.2, 0.25) is 0 Å². The van der Waals surface area contributed by atoms with Crippen molar-refractivity contribution < 1.29 is 28.7 Å². The van der Waals surface area contributed by atoms with Crippen molar-refractivity contribution in [3.8, 4) is 11.5 Å². The first kappa shape index (κ1) is 33.7. The van der Waals surface area contributed by atoms with Crippen LogP contribution in [0.15, 0.2) is 48.5 Å². The van der Waals surface area contributed by atoms with Crippen LogP contribution in [0.4, 0.5) is 0 Å². The smallest absolute Gasteiger partial charge is 0.229 e. The normalized spacial score (nSPS) is 27.5. The van der Waals surface area contributed by atoms with E-state index in [4.69, 9.17) is 9.47 Å². The fraction of sp³-hybridized carbons (Fsp3) is 0.579. The number of carbonyl (C=O) groups is 4. The predicted molar refractivity (Wildman–Crippen MR) is 176 cm³/mol. The molecule has 248 valence electrons. The summed E-state index contributed by atoms with van der Waals surface area (Å²) in [6.45, 7) is 6.23. The number of benzene rings is 2. The standard InChI is InChI=1S/2C19H25NO3/c2*1-14(21)16-4-3-9-19(12-16)10-11-20(18(19)22)13-15-5-7-17(23-2)8-6-15/h2*5-8,16H,3-4,9-13H2,1-2H3/t16-,19+;16-,19-/m10/s1. The molecule has 6 rings (SSSR count). The number of likely N-dealkylation sites (tertiary alicyclic amines) is 2. The molecule has 2 saturated heterocycles. The van der Waals surface area contributed by atoms with E-state index in [1.807, 2.05) is 58.3 Å². The van der Waals surface area contributed by atoms with Gasteiger partial charge in [0.15, 0.2) is 0 Å². The van der Waals surface area contributed by atoms with E-state index in [0.29, 0.717) is 13.1 Å². The predicted octanol–water partition coefficient (Wildman–Crippen LogP) is 6.39. The first-order valence-electron chi connectivity index (χ1n) is 16.9. The molecule has 2 amide bonds. The summed E-state index contributed by atoms with van der Waals surface area (Å²) < 4.78 is 10.3. The molecule has 4 aliphatic rings. The Kier molecular flexibility index (Phi) is 10.5. The summed E-state index contributed by atoms with van der Waals surface area (Å²) in [5.74, 6) is 2.79. The molecule has 2 aliphatic heterocycles. The van der Waals surface area contributed by atoms with Crippen molar-refractivity contribution in [3.05, 3.63) is 59.7 Å². The molecular weight excluding hydrogens is 580 g/mol. The lowest BCUT2D eigenvalue weighted by atomic mass is 9.68. The van der Waals surface area contributed by atoms with Gasteiger partial charge in [0, 0.05) is 38.0 Å². The van der Waals surface area contributed by atoms with E-state index in [9.17, 15) is 19.2 Å². The zero-order valence-corrected chi connectivity index (χ0v) is 28.0. The topological polar surface area (TPSA) is 93.2 Å². The van der Waals surface area contributed by atoms with Crippen molar-refractivity contribution in [1.82, 2.24) is 9.80 Å². The number of nitrogens with zero attached hydrogens (tertiary/aromatic N) is 2. The van der Waals surface area contributed by atoms with Crippen molar-refractivity contribution in [1.29, 1.82) is 0 Å². The highest BCUT2D eigenvalue weighted by atomic mass is 16.5. The number of hydrogen-bond donors (Lipinski definition) is 0. The molecule has 2 aromatic carbocycles. The van der Waals surface area contributed by atoms with E-state index in [0.717, 1.165) is 99.9 Å². The summed E-state index contributed by atoms with van der Waals surface area (Å²) in [5.41, 5.74) is 1.69. The van der Waals surface area contributed by atoms with Crippen LogP contribution in [0.3, 0.4) is 0 Å². The first-order chi connectivity index (χ1) is 22.1. The molecule has 2 saturated carbocycles. The van der Waals surface area contributed by atoms with Crippen molar-refractivity contribution in [2.24, 2.45) is 22.7 Å². The number of methoxy groups -OCH3 is 2. The zero-order chi connectivity index (χ0) is 32.9. The van der Waals surface area contributed by atoms with Gasteiger partial charge >= 0.3 is 0 Å². The summed E-state index contributed by atoms with van der Waals surface area (Å²) in [6, 6.07) is 15.8. The van der Waals surface area contributed by atoms with Crippen molar-refractivity contribution in [3.63, 3.8) is 0 Å². The molecule has 2 spiro atoms. The summed E-state index contributed by atoms with van der Waals surface area (Å²) in [7, 11) is 3.30. The SMILES string of the molecule is COc1ccc(CN2CC[C@]3(CCC[C@@H](C(C)=O)C3)C2=O)cc1.COc1ccc(CN2CC[C@]3(CCC[C@H](C(C)=O)C3)C2=O)cc1. The molecule has 2 aromatic rings. The largest absolute Gasteiger partial charge is 0.497 e. The van der Waals surface area contributed by atoms with Crippen molar-refractivity contribution in [2.45, 2.75) is 91.1 Å². The minimum Gasteiger partial charge on any atom is -0.497 e. The Morgan fingerprint density at radius 2 is 1.02 bits per heavy atom. The second-order valence-electron chi connectivity index (χ2n) is 14.0. The molecule has 2 aliphatic carbocycles. The third-order valence-electron chi connectivity index (χ3n) is 11.1. The van der Waals surface area contributed by atoms with Gasteiger partial charge in [-0.1, -0.05) is 37.1 Å². The van der Waals surface area contributed by atoms with Crippen LogP contribution >= 0.6 is 0 Å². The highest BCUT2D eigenvalue weighted by molar-refractivity contribution is 5.87. The van der Waals surface area contributed by atoms with Gasteiger partial charge < -0.3 is 19.3 Å². The number of ether oxygens (including phenoxy) is 2. The average molecular weight is 631 g/mol. The average Bonchev–Trinajstić information content (AvgIpc) is 3.52. The van der Waals surface area contributed by atoms with Gasteiger partial charge in [-0.25, -0.2) is 0 Å². The summed E-state index contributed by atoms with van der Waals surface area (Å²) in [6.07, 6.45) is 9.05. The number of ketones is 2. The van der Waals surface area contributed by atoms with Crippen LogP contribution in [0.5, 0.6) is 11.5 Å². The van der Waals surface area contributed by atoms with Crippen LogP contribution in [0, 0.1) is 22.7 Å². The third kappa shape index (κ3) is 7.31. The van der Waals surface area contributed by atoms with Gasteiger partial charge in [-0.15, -0.1) is 0 Å². The molecule has 0 aromatic heterocycles. The molecule has 4 atom stereocenters. The minimum absolute atomic E-state index is 0.0774. The molecule has 0 radical (unpaired) electrons. The second-order valence-corrected chi connectivity index (χ2v) is 14.0. The summed E-state index contributed by atoms with van der Waals surface area (Å²) in [4.78, 5) is 53.3. The van der Waals surface area contributed by atoms with E-state index < -0.39 is 0 Å². The maximum Gasteiger partial charge on any atom is 0.229 e. The van der Waals surface area contributed by atoms with E-state index in [1.165, 1.54) is 0 Å². The Morgan fingerprint density at radius 3 is 1.35 bits per heavy atom. The highest BCUT2D eigenvalue weighted by Crippen LogP contribution is 2.48. The van der Waals surface area contributed by atoms with Crippen LogP contribution in [0.25, 0.3) is 0 Å². The molecular formula is C38H50N2O6. The lowest BCUT2D eigenvalue weighted by Crippen LogP contribution is -2.39. The second kappa shape index (κ2) is 14.4. The maximum absolute atomic E-state index is 13.0. The van der Waals surface area contributed by atoms with Gasteiger partial charge in [0.25, 0.3) is 0 Å². The fourth-order valence-electron chi connectivity index (χ4n) is 8.25. The number of carbonyl (C=O) groups excluding carboxylic acids is 4.